The first-order valence-corrected chi connectivity index (χ1v) is 5.29. The Morgan fingerprint density at radius 1 is 1.47 bits per heavy atom. The highest BCUT2D eigenvalue weighted by Gasteiger charge is 2.11. The zero-order valence-electron chi connectivity index (χ0n) is 9.07. The van der Waals surface area contributed by atoms with Gasteiger partial charge in [0.2, 0.25) is 0 Å². The highest BCUT2D eigenvalue weighted by Crippen LogP contribution is 2.13. The molecule has 0 atom stereocenters. The van der Waals surface area contributed by atoms with Gasteiger partial charge in [-0.2, -0.15) is 0 Å². The fraction of sp³-hybridized carbons (Fsp3) is 0.545. The number of aromatic nitrogens is 1. The molecule has 2 heterocycles. The minimum atomic E-state index is 0.654. The van der Waals surface area contributed by atoms with E-state index in [0.717, 1.165) is 32.0 Å². The third kappa shape index (κ3) is 2.67. The molecule has 2 rings (SSSR count). The van der Waals surface area contributed by atoms with Crippen molar-refractivity contribution in [2.24, 2.45) is 0 Å². The van der Waals surface area contributed by atoms with Crippen molar-refractivity contribution in [3.63, 3.8) is 0 Å². The minimum Gasteiger partial charge on any atom is -0.380 e. The van der Waals surface area contributed by atoms with Gasteiger partial charge in [-0.15, -0.1) is 0 Å². The Bertz CT molecular complexity index is 310. The molecule has 82 valence electrons. The van der Waals surface area contributed by atoms with Crippen LogP contribution in [0.5, 0.6) is 0 Å². The van der Waals surface area contributed by atoms with Crippen molar-refractivity contribution in [3.8, 4) is 0 Å². The SMILES string of the molecule is COCc1ccnc(N2CCNCC2)c1. The van der Waals surface area contributed by atoms with Crippen molar-refractivity contribution in [1.82, 2.24) is 10.3 Å². The molecular formula is C11H17N3O. The normalized spacial score (nSPS) is 16.7. The molecule has 0 aliphatic carbocycles. The van der Waals surface area contributed by atoms with Gasteiger partial charge in [-0.05, 0) is 17.7 Å². The first-order chi connectivity index (χ1) is 7.40. The van der Waals surface area contributed by atoms with Gasteiger partial charge in [-0.25, -0.2) is 4.98 Å². The molecule has 1 aromatic heterocycles. The summed E-state index contributed by atoms with van der Waals surface area (Å²) in [5.74, 6) is 1.06. The molecule has 1 aliphatic heterocycles. The maximum absolute atomic E-state index is 5.11. The van der Waals surface area contributed by atoms with E-state index in [2.05, 4.69) is 21.3 Å². The first-order valence-electron chi connectivity index (χ1n) is 5.29. The van der Waals surface area contributed by atoms with E-state index in [-0.39, 0.29) is 0 Å². The van der Waals surface area contributed by atoms with Crippen molar-refractivity contribution in [2.75, 3.05) is 38.2 Å². The van der Waals surface area contributed by atoms with Gasteiger partial charge in [0.15, 0.2) is 0 Å². The number of piperazine rings is 1. The number of hydrogen-bond donors (Lipinski definition) is 1. The molecular weight excluding hydrogens is 190 g/mol. The number of ether oxygens (including phenoxy) is 1. The molecule has 1 aromatic rings. The predicted molar refractivity (Wildman–Crippen MR) is 60.0 cm³/mol. The van der Waals surface area contributed by atoms with E-state index in [1.165, 1.54) is 5.56 Å². The van der Waals surface area contributed by atoms with Crippen LogP contribution in [0.4, 0.5) is 5.82 Å². The highest BCUT2D eigenvalue weighted by atomic mass is 16.5. The van der Waals surface area contributed by atoms with E-state index in [9.17, 15) is 0 Å². The fourth-order valence-electron chi connectivity index (χ4n) is 1.78. The van der Waals surface area contributed by atoms with Gasteiger partial charge in [0.05, 0.1) is 6.61 Å². The van der Waals surface area contributed by atoms with Crippen molar-refractivity contribution in [3.05, 3.63) is 23.9 Å². The predicted octanol–water partition coefficient (Wildman–Crippen LogP) is 0.638. The Hall–Kier alpha value is -1.13. The van der Waals surface area contributed by atoms with Crippen LogP contribution >= 0.6 is 0 Å². The summed E-state index contributed by atoms with van der Waals surface area (Å²) in [6, 6.07) is 4.10. The molecule has 1 aliphatic rings. The summed E-state index contributed by atoms with van der Waals surface area (Å²) in [6.45, 7) is 4.79. The lowest BCUT2D eigenvalue weighted by Crippen LogP contribution is -2.43. The molecule has 0 saturated carbocycles. The second kappa shape index (κ2) is 5.09. The molecule has 0 bridgehead atoms. The van der Waals surface area contributed by atoms with Crippen molar-refractivity contribution in [2.45, 2.75) is 6.61 Å². The number of methoxy groups -OCH3 is 1. The van der Waals surface area contributed by atoms with Gasteiger partial charge in [0.1, 0.15) is 5.82 Å². The summed E-state index contributed by atoms with van der Waals surface area (Å²) in [5.41, 5.74) is 1.18. The zero-order chi connectivity index (χ0) is 10.5. The van der Waals surface area contributed by atoms with Crippen molar-refractivity contribution < 1.29 is 4.74 Å². The molecule has 1 saturated heterocycles. The summed E-state index contributed by atoms with van der Waals surface area (Å²) >= 11 is 0. The molecule has 4 nitrogen and oxygen atoms in total. The van der Waals surface area contributed by atoms with Crippen LogP contribution in [0.2, 0.25) is 0 Å². The molecule has 0 aromatic carbocycles. The Balaban J connectivity index is 2.09. The molecule has 0 spiro atoms. The summed E-state index contributed by atoms with van der Waals surface area (Å²) in [5, 5.41) is 3.33. The maximum atomic E-state index is 5.11. The van der Waals surface area contributed by atoms with Crippen LogP contribution in [0.1, 0.15) is 5.56 Å². The van der Waals surface area contributed by atoms with Crippen LogP contribution in [0, 0.1) is 0 Å². The molecule has 0 radical (unpaired) electrons. The average Bonchev–Trinajstić information content (AvgIpc) is 2.31. The van der Waals surface area contributed by atoms with Gasteiger partial charge in [-0.3, -0.25) is 0 Å². The fourth-order valence-corrected chi connectivity index (χ4v) is 1.78. The Morgan fingerprint density at radius 2 is 2.27 bits per heavy atom. The van der Waals surface area contributed by atoms with Gasteiger partial charge >= 0.3 is 0 Å². The Morgan fingerprint density at radius 3 is 3.00 bits per heavy atom. The van der Waals surface area contributed by atoms with Crippen LogP contribution in [-0.4, -0.2) is 38.3 Å². The molecule has 0 amide bonds. The lowest BCUT2D eigenvalue weighted by atomic mass is 10.2. The van der Waals surface area contributed by atoms with Crippen molar-refractivity contribution >= 4 is 5.82 Å². The van der Waals surface area contributed by atoms with Crippen LogP contribution in [-0.2, 0) is 11.3 Å². The molecule has 1 fully saturated rings. The van der Waals surface area contributed by atoms with Gasteiger partial charge in [-0.1, -0.05) is 0 Å². The van der Waals surface area contributed by atoms with E-state index in [4.69, 9.17) is 4.74 Å². The van der Waals surface area contributed by atoms with E-state index >= 15 is 0 Å². The maximum Gasteiger partial charge on any atom is 0.128 e. The van der Waals surface area contributed by atoms with Gasteiger partial charge < -0.3 is 15.0 Å². The van der Waals surface area contributed by atoms with Crippen molar-refractivity contribution in [1.29, 1.82) is 0 Å². The number of rotatable bonds is 3. The lowest BCUT2D eigenvalue weighted by Gasteiger charge is -2.28. The molecule has 0 unspecified atom stereocenters. The average molecular weight is 207 g/mol. The quantitative estimate of drug-likeness (QED) is 0.789. The van der Waals surface area contributed by atoms with E-state index in [1.54, 1.807) is 7.11 Å². The van der Waals surface area contributed by atoms with Crippen LogP contribution in [0.3, 0.4) is 0 Å². The lowest BCUT2D eigenvalue weighted by molar-refractivity contribution is 0.185. The van der Waals surface area contributed by atoms with Crippen LogP contribution in [0.25, 0.3) is 0 Å². The van der Waals surface area contributed by atoms with E-state index < -0.39 is 0 Å². The summed E-state index contributed by atoms with van der Waals surface area (Å²) in [4.78, 5) is 6.69. The van der Waals surface area contributed by atoms with E-state index in [1.807, 2.05) is 12.3 Å². The Kier molecular flexibility index (Phi) is 3.53. The largest absolute Gasteiger partial charge is 0.380 e. The van der Waals surface area contributed by atoms with Crippen LogP contribution < -0.4 is 10.2 Å². The van der Waals surface area contributed by atoms with Gasteiger partial charge in [0, 0.05) is 39.5 Å². The van der Waals surface area contributed by atoms with Crippen LogP contribution in [0.15, 0.2) is 18.3 Å². The molecule has 15 heavy (non-hydrogen) atoms. The highest BCUT2D eigenvalue weighted by molar-refractivity contribution is 5.41. The minimum absolute atomic E-state index is 0.654. The number of hydrogen-bond acceptors (Lipinski definition) is 4. The molecule has 4 heteroatoms. The third-order valence-electron chi connectivity index (χ3n) is 2.56. The monoisotopic (exact) mass is 207 g/mol. The van der Waals surface area contributed by atoms with E-state index in [0.29, 0.717) is 6.61 Å². The third-order valence-corrected chi connectivity index (χ3v) is 2.56. The number of nitrogens with zero attached hydrogens (tertiary/aromatic N) is 2. The topological polar surface area (TPSA) is 37.4 Å². The number of nitrogens with one attached hydrogen (secondary N) is 1. The smallest absolute Gasteiger partial charge is 0.128 e. The number of pyridine rings is 1. The van der Waals surface area contributed by atoms with Gasteiger partial charge in [0.25, 0.3) is 0 Å². The second-order valence-electron chi connectivity index (χ2n) is 3.69. The zero-order valence-corrected chi connectivity index (χ0v) is 9.07. The summed E-state index contributed by atoms with van der Waals surface area (Å²) in [6.07, 6.45) is 1.85. The summed E-state index contributed by atoms with van der Waals surface area (Å²) in [7, 11) is 1.71. The summed E-state index contributed by atoms with van der Waals surface area (Å²) < 4.78 is 5.11. The molecule has 1 N–H and O–H groups in total. The Labute approximate surface area is 90.3 Å². The standard InChI is InChI=1S/C11H17N3O/c1-15-9-10-2-3-13-11(8-10)14-6-4-12-5-7-14/h2-3,8,12H,4-7,9H2,1H3. The first kappa shape index (κ1) is 10.4. The second-order valence-corrected chi connectivity index (χ2v) is 3.69. The number of anilines is 1.